The number of thiophene rings is 1. The number of hydrogen-bond acceptors (Lipinski definition) is 1. The first-order valence-electron chi connectivity index (χ1n) is 16.9. The summed E-state index contributed by atoms with van der Waals surface area (Å²) in [5, 5.41) is 13.2. The van der Waals surface area contributed by atoms with E-state index in [-0.39, 0.29) is 5.41 Å². The Hall–Kier alpha value is -5.50. The van der Waals surface area contributed by atoms with E-state index in [1.807, 2.05) is 11.3 Å². The molecule has 1 aliphatic rings. The van der Waals surface area contributed by atoms with Crippen molar-refractivity contribution in [1.29, 1.82) is 0 Å². The van der Waals surface area contributed by atoms with E-state index in [0.717, 1.165) is 0 Å². The largest absolute Gasteiger partial charge is 0.135 e. The molecule has 0 N–H and O–H groups in total. The van der Waals surface area contributed by atoms with Gasteiger partial charge in [-0.05, 0) is 118 Å². The molecule has 0 aliphatic heterocycles. The summed E-state index contributed by atoms with van der Waals surface area (Å²) in [7, 11) is 0. The van der Waals surface area contributed by atoms with Crippen molar-refractivity contribution < 1.29 is 0 Å². The fourth-order valence-electron chi connectivity index (χ4n) is 9.07. The Kier molecular flexibility index (Phi) is 5.15. The molecule has 48 heavy (non-hydrogen) atoms. The molecular formula is C47H30S. The summed E-state index contributed by atoms with van der Waals surface area (Å²) in [5.74, 6) is 0. The molecule has 10 aromatic rings. The van der Waals surface area contributed by atoms with E-state index < -0.39 is 0 Å². The SMILES string of the molecule is CC1(C)c2cc3ccccc3cc2-c2c(-c3c4ccccc4c(-c4cc5cccc6sc7cccc4c7c56)c4ccccc34)cccc21. The van der Waals surface area contributed by atoms with Gasteiger partial charge in [-0.25, -0.2) is 0 Å². The highest BCUT2D eigenvalue weighted by Crippen LogP contribution is 2.56. The topological polar surface area (TPSA) is 0 Å². The van der Waals surface area contributed by atoms with Crippen LogP contribution in [0.5, 0.6) is 0 Å². The predicted octanol–water partition coefficient (Wildman–Crippen LogP) is 13.7. The lowest BCUT2D eigenvalue weighted by molar-refractivity contribution is 0.661. The van der Waals surface area contributed by atoms with Crippen LogP contribution in [0.3, 0.4) is 0 Å². The Balaban J connectivity index is 1.29. The van der Waals surface area contributed by atoms with Crippen LogP contribution in [0.15, 0.2) is 146 Å². The number of benzene rings is 9. The van der Waals surface area contributed by atoms with Gasteiger partial charge in [0.2, 0.25) is 0 Å². The highest BCUT2D eigenvalue weighted by Gasteiger charge is 2.37. The summed E-state index contributed by atoms with van der Waals surface area (Å²) in [5.41, 5.74) is 10.7. The van der Waals surface area contributed by atoms with Gasteiger partial charge >= 0.3 is 0 Å². The summed E-state index contributed by atoms with van der Waals surface area (Å²) >= 11 is 1.91. The minimum Gasteiger partial charge on any atom is -0.135 e. The molecule has 1 heteroatoms. The molecular weight excluding hydrogens is 597 g/mol. The van der Waals surface area contributed by atoms with E-state index in [1.165, 1.54) is 108 Å². The van der Waals surface area contributed by atoms with Crippen LogP contribution in [0.1, 0.15) is 25.0 Å². The third-order valence-electron chi connectivity index (χ3n) is 11.2. The second-order valence-corrected chi connectivity index (χ2v) is 15.1. The van der Waals surface area contributed by atoms with Crippen molar-refractivity contribution in [3.63, 3.8) is 0 Å². The summed E-state index contributed by atoms with van der Waals surface area (Å²) in [4.78, 5) is 0. The zero-order valence-corrected chi connectivity index (χ0v) is 27.6. The van der Waals surface area contributed by atoms with Gasteiger partial charge in [-0.3, -0.25) is 0 Å². The molecule has 0 amide bonds. The molecule has 0 saturated heterocycles. The van der Waals surface area contributed by atoms with Gasteiger partial charge < -0.3 is 0 Å². The van der Waals surface area contributed by atoms with Gasteiger partial charge in [-0.15, -0.1) is 11.3 Å². The number of rotatable bonds is 2. The van der Waals surface area contributed by atoms with Crippen LogP contribution in [0.2, 0.25) is 0 Å². The Morgan fingerprint density at radius 1 is 0.375 bits per heavy atom. The van der Waals surface area contributed by atoms with Crippen molar-refractivity contribution in [2.75, 3.05) is 0 Å². The van der Waals surface area contributed by atoms with Gasteiger partial charge in [0, 0.05) is 25.6 Å². The Morgan fingerprint density at radius 3 is 1.60 bits per heavy atom. The summed E-state index contributed by atoms with van der Waals surface area (Å²) in [6.45, 7) is 4.79. The summed E-state index contributed by atoms with van der Waals surface area (Å²) in [6, 6.07) is 55.0. The van der Waals surface area contributed by atoms with Crippen molar-refractivity contribution in [3.8, 4) is 33.4 Å². The van der Waals surface area contributed by atoms with E-state index in [4.69, 9.17) is 0 Å². The molecule has 0 spiro atoms. The standard InChI is InChI=1S/C47H30S/c1-47(2)38-21-10-20-35(45(38)37-24-27-12-3-4-13-28(27)26-39(37)47)43-30-15-5-7-17-32(30)44(33-18-8-6-16-31(33)43)36-25-29-14-9-22-40-42(29)46-34(36)19-11-23-41(46)48-40/h3-26H,1-2H3. The van der Waals surface area contributed by atoms with E-state index in [1.54, 1.807) is 0 Å². The maximum Gasteiger partial charge on any atom is 0.0361 e. The quantitative estimate of drug-likeness (QED) is 0.132. The smallest absolute Gasteiger partial charge is 0.0361 e. The fraction of sp³-hybridized carbons (Fsp3) is 0.0638. The number of fused-ring (bicyclic) bond motifs is 6. The summed E-state index contributed by atoms with van der Waals surface area (Å²) < 4.78 is 2.73. The molecule has 0 radical (unpaired) electrons. The lowest BCUT2D eigenvalue weighted by atomic mass is 9.80. The molecule has 9 aromatic carbocycles. The van der Waals surface area contributed by atoms with Gasteiger partial charge in [0.05, 0.1) is 0 Å². The molecule has 0 saturated carbocycles. The van der Waals surface area contributed by atoms with Crippen molar-refractivity contribution in [3.05, 3.63) is 157 Å². The van der Waals surface area contributed by atoms with Gasteiger partial charge in [0.15, 0.2) is 0 Å². The van der Waals surface area contributed by atoms with Crippen molar-refractivity contribution in [1.82, 2.24) is 0 Å². The van der Waals surface area contributed by atoms with Crippen LogP contribution >= 0.6 is 11.3 Å². The average molecular weight is 627 g/mol. The van der Waals surface area contributed by atoms with E-state index in [2.05, 4.69) is 159 Å². The van der Waals surface area contributed by atoms with Crippen LogP contribution in [-0.2, 0) is 5.41 Å². The van der Waals surface area contributed by atoms with E-state index >= 15 is 0 Å². The zero-order valence-electron chi connectivity index (χ0n) is 26.8. The average Bonchev–Trinajstić information content (AvgIpc) is 3.62. The van der Waals surface area contributed by atoms with Crippen LogP contribution < -0.4 is 0 Å². The molecule has 0 nitrogen and oxygen atoms in total. The highest BCUT2D eigenvalue weighted by atomic mass is 32.1. The van der Waals surface area contributed by atoms with Gasteiger partial charge in [-0.1, -0.05) is 129 Å². The van der Waals surface area contributed by atoms with Crippen LogP contribution in [0.4, 0.5) is 0 Å². The van der Waals surface area contributed by atoms with Crippen molar-refractivity contribution >= 4 is 74.6 Å². The van der Waals surface area contributed by atoms with Crippen LogP contribution in [0, 0.1) is 0 Å². The molecule has 11 rings (SSSR count). The van der Waals surface area contributed by atoms with Gasteiger partial charge in [0.1, 0.15) is 0 Å². The van der Waals surface area contributed by atoms with E-state index in [0.29, 0.717) is 0 Å². The molecule has 0 bridgehead atoms. The molecule has 1 aromatic heterocycles. The molecule has 1 heterocycles. The van der Waals surface area contributed by atoms with Gasteiger partial charge in [0.25, 0.3) is 0 Å². The third kappa shape index (κ3) is 3.34. The lowest BCUT2D eigenvalue weighted by Gasteiger charge is -2.23. The minimum absolute atomic E-state index is 0.0961. The first-order valence-corrected chi connectivity index (χ1v) is 17.7. The highest BCUT2D eigenvalue weighted by molar-refractivity contribution is 7.26. The summed E-state index contributed by atoms with van der Waals surface area (Å²) in [6.07, 6.45) is 0. The molecule has 0 unspecified atom stereocenters. The van der Waals surface area contributed by atoms with E-state index in [9.17, 15) is 0 Å². The Morgan fingerprint density at radius 2 is 0.896 bits per heavy atom. The normalized spacial score (nSPS) is 13.8. The van der Waals surface area contributed by atoms with Crippen molar-refractivity contribution in [2.45, 2.75) is 19.3 Å². The maximum absolute atomic E-state index is 2.45. The van der Waals surface area contributed by atoms with Crippen LogP contribution in [-0.4, -0.2) is 0 Å². The first-order chi connectivity index (χ1) is 23.6. The predicted molar refractivity (Wildman–Crippen MR) is 209 cm³/mol. The molecule has 0 atom stereocenters. The Bertz CT molecular complexity index is 2910. The molecule has 224 valence electrons. The minimum atomic E-state index is -0.0961. The first kappa shape index (κ1) is 26.6. The molecule has 1 aliphatic carbocycles. The maximum atomic E-state index is 2.45. The number of hydrogen-bond donors (Lipinski definition) is 0. The molecule has 0 fully saturated rings. The fourth-order valence-corrected chi connectivity index (χ4v) is 10.2. The monoisotopic (exact) mass is 626 g/mol. The third-order valence-corrected chi connectivity index (χ3v) is 12.3. The van der Waals surface area contributed by atoms with Crippen LogP contribution in [0.25, 0.3) is 96.6 Å². The van der Waals surface area contributed by atoms with Crippen molar-refractivity contribution in [2.24, 2.45) is 0 Å². The zero-order chi connectivity index (χ0) is 31.7. The second kappa shape index (κ2) is 9.31. The Labute approximate surface area is 282 Å². The second-order valence-electron chi connectivity index (χ2n) is 14.0. The lowest BCUT2D eigenvalue weighted by Crippen LogP contribution is -2.14. The van der Waals surface area contributed by atoms with Gasteiger partial charge in [-0.2, -0.15) is 0 Å².